The number of fused-ring (bicyclic) bond motifs is 1. The van der Waals surface area contributed by atoms with E-state index in [0.29, 0.717) is 12.8 Å². The molecule has 3 aliphatic rings. The van der Waals surface area contributed by atoms with E-state index in [1.54, 1.807) is 13.0 Å². The number of rotatable bonds is 0. The Labute approximate surface area is 112 Å². The first-order valence-electron chi connectivity index (χ1n) is 6.83. The SMILES string of the molecule is CC1(O)C=CC23CC1OC(=O)[C@H]2CC(=O)CC3(C)C. The van der Waals surface area contributed by atoms with Gasteiger partial charge < -0.3 is 9.84 Å². The maximum absolute atomic E-state index is 12.2. The second-order valence-electron chi connectivity index (χ2n) is 7.09. The highest BCUT2D eigenvalue weighted by Gasteiger charge is 2.63. The fraction of sp³-hybridized carbons (Fsp3) is 0.733. The van der Waals surface area contributed by atoms with Crippen LogP contribution in [0, 0.1) is 16.7 Å². The van der Waals surface area contributed by atoms with Gasteiger partial charge in [-0.05, 0) is 18.8 Å². The van der Waals surface area contributed by atoms with Crippen molar-refractivity contribution in [3.63, 3.8) is 0 Å². The molecule has 4 nitrogen and oxygen atoms in total. The van der Waals surface area contributed by atoms with Crippen molar-refractivity contribution >= 4 is 11.8 Å². The minimum absolute atomic E-state index is 0.127. The van der Waals surface area contributed by atoms with Crippen molar-refractivity contribution in [3.05, 3.63) is 12.2 Å². The fourth-order valence-electron chi connectivity index (χ4n) is 4.05. The maximum atomic E-state index is 12.2. The number of Topliss-reactive ketones (excluding diaryl/α,β-unsaturated/α-hetero) is 1. The quantitative estimate of drug-likeness (QED) is 0.533. The van der Waals surface area contributed by atoms with E-state index in [1.807, 2.05) is 19.9 Å². The molecule has 2 fully saturated rings. The van der Waals surface area contributed by atoms with Gasteiger partial charge in [0.1, 0.15) is 17.5 Å². The largest absolute Gasteiger partial charge is 0.459 e. The smallest absolute Gasteiger partial charge is 0.310 e. The molecule has 0 aromatic heterocycles. The lowest BCUT2D eigenvalue weighted by Crippen LogP contribution is -2.62. The molecule has 1 spiro atoms. The number of hydrogen-bond donors (Lipinski definition) is 1. The summed E-state index contributed by atoms with van der Waals surface area (Å²) in [6, 6.07) is 0. The van der Waals surface area contributed by atoms with Crippen molar-refractivity contribution in [3.8, 4) is 0 Å². The second-order valence-corrected chi connectivity index (χ2v) is 7.09. The summed E-state index contributed by atoms with van der Waals surface area (Å²) in [5, 5.41) is 10.3. The van der Waals surface area contributed by atoms with Crippen LogP contribution in [0.2, 0.25) is 0 Å². The predicted octanol–water partition coefficient (Wildman–Crippen LogP) is 1.61. The number of aliphatic hydroxyl groups is 1. The summed E-state index contributed by atoms with van der Waals surface area (Å²) in [4.78, 5) is 24.1. The van der Waals surface area contributed by atoms with Gasteiger partial charge in [0.25, 0.3) is 0 Å². The van der Waals surface area contributed by atoms with Gasteiger partial charge in [-0.1, -0.05) is 26.0 Å². The van der Waals surface area contributed by atoms with E-state index in [9.17, 15) is 14.7 Å². The Bertz CT molecular complexity index is 488. The van der Waals surface area contributed by atoms with E-state index in [4.69, 9.17) is 4.74 Å². The molecule has 2 bridgehead atoms. The van der Waals surface area contributed by atoms with Gasteiger partial charge in [-0.3, -0.25) is 9.59 Å². The maximum Gasteiger partial charge on any atom is 0.310 e. The normalized spacial score (nSPS) is 47.6. The van der Waals surface area contributed by atoms with Gasteiger partial charge in [-0.2, -0.15) is 0 Å². The van der Waals surface area contributed by atoms with Crippen molar-refractivity contribution in [2.75, 3.05) is 0 Å². The molecule has 2 aliphatic carbocycles. The van der Waals surface area contributed by atoms with Crippen LogP contribution in [0.3, 0.4) is 0 Å². The Morgan fingerprint density at radius 2 is 1.95 bits per heavy atom. The number of allylic oxidation sites excluding steroid dienone is 1. The number of ether oxygens (including phenoxy) is 1. The number of carbonyl (C=O) groups is 2. The highest BCUT2D eigenvalue weighted by molar-refractivity contribution is 5.88. The predicted molar refractivity (Wildman–Crippen MR) is 68.2 cm³/mol. The molecule has 1 saturated carbocycles. The molecule has 0 aromatic carbocycles. The summed E-state index contributed by atoms with van der Waals surface area (Å²) in [5.41, 5.74) is -1.75. The van der Waals surface area contributed by atoms with Crippen molar-refractivity contribution < 1.29 is 19.4 Å². The zero-order chi connectivity index (χ0) is 14.1. The summed E-state index contributed by atoms with van der Waals surface area (Å²) >= 11 is 0. The van der Waals surface area contributed by atoms with E-state index >= 15 is 0 Å². The van der Waals surface area contributed by atoms with Crippen molar-refractivity contribution in [2.45, 2.75) is 51.7 Å². The van der Waals surface area contributed by atoms with Crippen LogP contribution in [0.5, 0.6) is 0 Å². The molecule has 104 valence electrons. The molecule has 4 heteroatoms. The Morgan fingerprint density at radius 1 is 1.26 bits per heavy atom. The molecular formula is C15H20O4. The highest BCUT2D eigenvalue weighted by Crippen LogP contribution is 2.61. The average Bonchev–Trinajstić information content (AvgIpc) is 2.26. The third-order valence-electron chi connectivity index (χ3n) is 5.39. The van der Waals surface area contributed by atoms with Crippen LogP contribution in [-0.4, -0.2) is 28.6 Å². The van der Waals surface area contributed by atoms with Gasteiger partial charge in [0.05, 0.1) is 5.92 Å². The van der Waals surface area contributed by atoms with Crippen molar-refractivity contribution in [1.82, 2.24) is 0 Å². The van der Waals surface area contributed by atoms with Gasteiger partial charge in [0, 0.05) is 18.3 Å². The second kappa shape index (κ2) is 3.48. The lowest BCUT2D eigenvalue weighted by Gasteiger charge is -2.58. The van der Waals surface area contributed by atoms with Crippen LogP contribution in [0.1, 0.15) is 40.0 Å². The van der Waals surface area contributed by atoms with E-state index in [1.165, 1.54) is 0 Å². The first-order valence-corrected chi connectivity index (χ1v) is 6.83. The first kappa shape index (κ1) is 12.9. The molecule has 3 rings (SSSR count). The molecule has 19 heavy (non-hydrogen) atoms. The number of carbonyl (C=O) groups excluding carboxylic acids is 2. The highest BCUT2D eigenvalue weighted by atomic mass is 16.6. The molecule has 4 atom stereocenters. The first-order chi connectivity index (χ1) is 8.68. The zero-order valence-corrected chi connectivity index (χ0v) is 11.6. The lowest BCUT2D eigenvalue weighted by atomic mass is 9.48. The molecule has 1 saturated heterocycles. The van der Waals surface area contributed by atoms with Gasteiger partial charge in [0.2, 0.25) is 0 Å². The van der Waals surface area contributed by atoms with E-state index in [2.05, 4.69) is 0 Å². The number of esters is 1. The van der Waals surface area contributed by atoms with Crippen LogP contribution < -0.4 is 0 Å². The number of hydrogen-bond acceptors (Lipinski definition) is 4. The molecule has 1 heterocycles. The number of ketones is 1. The standard InChI is InChI=1S/C15H20O4/c1-13(2)7-9(16)6-10-12(17)19-11-8-15(10,13)5-4-14(11,3)18/h4-5,10-11,18H,6-8H2,1-3H3/t10-,11?,14?,15?/m1/s1. The topological polar surface area (TPSA) is 63.6 Å². The van der Waals surface area contributed by atoms with E-state index in [-0.39, 0.29) is 29.0 Å². The molecule has 3 unspecified atom stereocenters. The van der Waals surface area contributed by atoms with Gasteiger partial charge in [-0.15, -0.1) is 0 Å². The Kier molecular flexibility index (Phi) is 2.35. The van der Waals surface area contributed by atoms with E-state index in [0.717, 1.165) is 0 Å². The van der Waals surface area contributed by atoms with Gasteiger partial charge >= 0.3 is 5.97 Å². The van der Waals surface area contributed by atoms with Crippen LogP contribution in [0.4, 0.5) is 0 Å². The lowest BCUT2D eigenvalue weighted by molar-refractivity contribution is -0.204. The molecule has 1 N–H and O–H groups in total. The zero-order valence-electron chi connectivity index (χ0n) is 11.6. The Morgan fingerprint density at radius 3 is 2.63 bits per heavy atom. The molecule has 0 radical (unpaired) electrons. The van der Waals surface area contributed by atoms with Crippen LogP contribution >= 0.6 is 0 Å². The molecule has 1 aliphatic heterocycles. The summed E-state index contributed by atoms with van der Waals surface area (Å²) in [6.07, 6.45) is 4.57. The molecule has 0 aromatic rings. The average molecular weight is 264 g/mol. The Hall–Kier alpha value is -1.16. The summed E-state index contributed by atoms with van der Waals surface area (Å²) < 4.78 is 5.39. The minimum atomic E-state index is -1.11. The fourth-order valence-corrected chi connectivity index (χ4v) is 4.05. The monoisotopic (exact) mass is 264 g/mol. The van der Waals surface area contributed by atoms with E-state index < -0.39 is 17.6 Å². The summed E-state index contributed by atoms with van der Waals surface area (Å²) in [5.74, 6) is -0.601. The molecule has 0 amide bonds. The third-order valence-corrected chi connectivity index (χ3v) is 5.39. The summed E-state index contributed by atoms with van der Waals surface area (Å²) in [6.45, 7) is 5.74. The third kappa shape index (κ3) is 1.55. The van der Waals surface area contributed by atoms with Crippen molar-refractivity contribution in [2.24, 2.45) is 16.7 Å². The van der Waals surface area contributed by atoms with Gasteiger partial charge in [0.15, 0.2) is 0 Å². The van der Waals surface area contributed by atoms with Gasteiger partial charge in [-0.25, -0.2) is 0 Å². The van der Waals surface area contributed by atoms with Crippen LogP contribution in [0.25, 0.3) is 0 Å². The van der Waals surface area contributed by atoms with Crippen LogP contribution in [-0.2, 0) is 14.3 Å². The molecular weight excluding hydrogens is 244 g/mol. The minimum Gasteiger partial charge on any atom is -0.459 e. The van der Waals surface area contributed by atoms with Crippen LogP contribution in [0.15, 0.2) is 12.2 Å². The van der Waals surface area contributed by atoms with Crippen molar-refractivity contribution in [1.29, 1.82) is 0 Å². The Balaban J connectivity index is 2.14. The summed E-state index contributed by atoms with van der Waals surface area (Å²) in [7, 11) is 0.